The topological polar surface area (TPSA) is 43.1 Å². The van der Waals surface area contributed by atoms with Crippen molar-refractivity contribution in [3.63, 3.8) is 0 Å². The summed E-state index contributed by atoms with van der Waals surface area (Å²) < 4.78 is 0. The van der Waals surface area contributed by atoms with Crippen molar-refractivity contribution in [2.24, 2.45) is 5.73 Å². The molecule has 0 radical (unpaired) electrons. The average Bonchev–Trinajstić information content (AvgIpc) is 1.36. The third kappa shape index (κ3) is 1.82. The molecule has 1 amide bonds. The van der Waals surface area contributed by atoms with E-state index in [1.165, 1.54) is 0 Å². The summed E-state index contributed by atoms with van der Waals surface area (Å²) in [5.41, 5.74) is 4.80. The van der Waals surface area contributed by atoms with Crippen molar-refractivity contribution in [3.8, 4) is 0 Å². The number of hydrogen-bond donors (Lipinski definition) is 1. The van der Waals surface area contributed by atoms with E-state index in [0.29, 0.717) is 0 Å². The Hall–Kier alpha value is -0.465. The fourth-order valence-corrected chi connectivity index (χ4v) is 0. The smallest absolute Gasteiger partial charge is 0.212 e. The van der Waals surface area contributed by atoms with Gasteiger partial charge < -0.3 is 5.73 Å². The van der Waals surface area contributed by atoms with Crippen molar-refractivity contribution in [1.82, 2.24) is 0 Å². The second kappa shape index (κ2) is 1.85. The Balaban J connectivity index is 3.26. The van der Waals surface area contributed by atoms with Gasteiger partial charge in [0.1, 0.15) is 7.85 Å². The van der Waals surface area contributed by atoms with Crippen LogP contribution in [0.1, 0.15) is 6.92 Å². The Morgan fingerprint density at radius 2 is 2.17 bits per heavy atom. The van der Waals surface area contributed by atoms with Crippen LogP contribution in [0.25, 0.3) is 0 Å². The van der Waals surface area contributed by atoms with Gasteiger partial charge in [0.2, 0.25) is 5.91 Å². The number of amides is 1. The first-order valence-electron chi connectivity index (χ1n) is 1.94. The molecule has 1 atom stereocenters. The first-order valence-corrected chi connectivity index (χ1v) is 1.94. The van der Waals surface area contributed by atoms with Gasteiger partial charge in [-0.15, -0.1) is 0 Å². The first kappa shape index (κ1) is 5.53. The van der Waals surface area contributed by atoms with E-state index in [1.54, 1.807) is 14.8 Å². The predicted molar refractivity (Wildman–Crippen MR) is 27.2 cm³/mol. The van der Waals surface area contributed by atoms with Gasteiger partial charge in [0.25, 0.3) is 0 Å². The number of carbonyl (C=O) groups is 1. The van der Waals surface area contributed by atoms with Crippen LogP contribution in [0.4, 0.5) is 0 Å². The molecular formula is C3H8BNO. The summed E-state index contributed by atoms with van der Waals surface area (Å²) in [5.74, 6) is -0.250. The van der Waals surface area contributed by atoms with E-state index in [-0.39, 0.29) is 11.7 Å². The number of hydrogen-bond acceptors (Lipinski definition) is 1. The Morgan fingerprint density at radius 1 is 2.00 bits per heavy atom. The second-order valence-electron chi connectivity index (χ2n) is 1.56. The van der Waals surface area contributed by atoms with Gasteiger partial charge in [0, 0.05) is 5.82 Å². The predicted octanol–water partition coefficient (Wildman–Crippen LogP) is -1.09. The monoisotopic (exact) mass is 85.1 g/mol. The van der Waals surface area contributed by atoms with Crippen LogP contribution < -0.4 is 5.73 Å². The lowest BCUT2D eigenvalue weighted by Gasteiger charge is -1.90. The zero-order valence-electron chi connectivity index (χ0n) is 4.06. The maximum Gasteiger partial charge on any atom is 0.212 e. The third-order valence-electron chi connectivity index (χ3n) is 0.569. The zero-order valence-corrected chi connectivity index (χ0v) is 4.06. The molecule has 0 aromatic rings. The summed E-state index contributed by atoms with van der Waals surface area (Å²) in [6.45, 7) is 1.77. The molecule has 1 unspecified atom stereocenters. The maximum atomic E-state index is 9.92. The molecule has 2 nitrogen and oxygen atoms in total. The van der Waals surface area contributed by atoms with Crippen molar-refractivity contribution in [1.29, 1.82) is 0 Å². The lowest BCUT2D eigenvalue weighted by atomic mass is 9.89. The van der Waals surface area contributed by atoms with Gasteiger partial charge >= 0.3 is 0 Å². The van der Waals surface area contributed by atoms with Gasteiger partial charge in [-0.25, -0.2) is 0 Å². The van der Waals surface area contributed by atoms with E-state index >= 15 is 0 Å². The molecule has 0 aliphatic heterocycles. The summed E-state index contributed by atoms with van der Waals surface area (Å²) in [5, 5.41) is 0. The van der Waals surface area contributed by atoms with Gasteiger partial charge in [0.15, 0.2) is 0 Å². The highest BCUT2D eigenvalue weighted by molar-refractivity contribution is 6.22. The molecule has 0 saturated carbocycles. The lowest BCUT2D eigenvalue weighted by Crippen LogP contribution is -2.15. The van der Waals surface area contributed by atoms with E-state index in [0.717, 1.165) is 0 Å². The van der Waals surface area contributed by atoms with Gasteiger partial charge in [0.05, 0.1) is 0 Å². The van der Waals surface area contributed by atoms with Crippen LogP contribution in [-0.2, 0) is 4.79 Å². The highest BCUT2D eigenvalue weighted by Gasteiger charge is 1.96. The van der Waals surface area contributed by atoms with Gasteiger partial charge in [-0.05, 0) is 0 Å². The molecule has 34 valence electrons. The molecule has 0 spiro atoms. The molecule has 0 rings (SSSR count). The Morgan fingerprint density at radius 3 is 2.17 bits per heavy atom. The molecule has 0 aliphatic carbocycles. The zero-order chi connectivity index (χ0) is 5.15. The van der Waals surface area contributed by atoms with Crippen LogP contribution in [0.3, 0.4) is 0 Å². The quantitative estimate of drug-likeness (QED) is 0.404. The highest BCUT2D eigenvalue weighted by Crippen LogP contribution is 1.88. The Kier molecular flexibility index (Phi) is 1.71. The Bertz CT molecular complexity index is 61.8. The second-order valence-corrected chi connectivity index (χ2v) is 1.56. The van der Waals surface area contributed by atoms with Gasteiger partial charge in [-0.2, -0.15) is 0 Å². The first-order chi connectivity index (χ1) is 2.64. The number of rotatable bonds is 1. The normalized spacial score (nSPS) is 13.5. The molecule has 0 bridgehead atoms. The minimum Gasteiger partial charge on any atom is -0.370 e. The molecule has 6 heavy (non-hydrogen) atoms. The summed E-state index contributed by atoms with van der Waals surface area (Å²) in [7, 11) is 1.77. The van der Waals surface area contributed by atoms with Crippen molar-refractivity contribution in [2.45, 2.75) is 12.7 Å². The maximum absolute atomic E-state index is 9.92. The van der Waals surface area contributed by atoms with Crippen LogP contribution in [-0.4, -0.2) is 13.8 Å². The average molecular weight is 84.9 g/mol. The van der Waals surface area contributed by atoms with Crippen molar-refractivity contribution in [3.05, 3.63) is 0 Å². The Labute approximate surface area is 38.1 Å². The fraction of sp³-hybridized carbons (Fsp3) is 0.667. The molecule has 0 aromatic heterocycles. The van der Waals surface area contributed by atoms with Crippen molar-refractivity contribution >= 4 is 13.8 Å². The van der Waals surface area contributed by atoms with Crippen molar-refractivity contribution < 1.29 is 4.79 Å². The van der Waals surface area contributed by atoms with Crippen LogP contribution >= 0.6 is 0 Å². The van der Waals surface area contributed by atoms with Crippen LogP contribution in [0, 0.1) is 0 Å². The number of carbonyl (C=O) groups excluding carboxylic acids is 1. The van der Waals surface area contributed by atoms with Crippen LogP contribution in [0.15, 0.2) is 0 Å². The summed E-state index contributed by atoms with van der Waals surface area (Å²) >= 11 is 0. The highest BCUT2D eigenvalue weighted by atomic mass is 16.1. The fourth-order valence-electron chi connectivity index (χ4n) is 0. The minimum atomic E-state index is -0.241. The molecule has 2 N–H and O–H groups in total. The molecular weight excluding hydrogens is 76.9 g/mol. The standard InChI is InChI=1S/C3H8BNO/c1-2(4)3(5)6/h2H,4H2,1H3,(H2,5,6). The van der Waals surface area contributed by atoms with E-state index < -0.39 is 0 Å². The SMILES string of the molecule is BC(C)C(N)=O. The van der Waals surface area contributed by atoms with Crippen LogP contribution in [0.2, 0.25) is 5.82 Å². The van der Waals surface area contributed by atoms with Crippen molar-refractivity contribution in [2.75, 3.05) is 0 Å². The molecule has 0 fully saturated rings. The number of primary amides is 1. The van der Waals surface area contributed by atoms with Crippen LogP contribution in [0.5, 0.6) is 0 Å². The summed E-state index contributed by atoms with van der Waals surface area (Å²) in [6.07, 6.45) is 0. The summed E-state index contributed by atoms with van der Waals surface area (Å²) in [4.78, 5) is 9.92. The van der Waals surface area contributed by atoms with E-state index in [1.807, 2.05) is 0 Å². The molecule has 0 heterocycles. The number of nitrogens with two attached hydrogens (primary N) is 1. The van der Waals surface area contributed by atoms with E-state index in [9.17, 15) is 4.79 Å². The molecule has 0 aromatic carbocycles. The van der Waals surface area contributed by atoms with E-state index in [4.69, 9.17) is 5.73 Å². The summed E-state index contributed by atoms with van der Waals surface area (Å²) in [6, 6.07) is 0. The molecule has 0 aliphatic rings. The third-order valence-corrected chi connectivity index (χ3v) is 0.569. The van der Waals surface area contributed by atoms with Gasteiger partial charge in [-0.3, -0.25) is 4.79 Å². The largest absolute Gasteiger partial charge is 0.370 e. The van der Waals surface area contributed by atoms with Gasteiger partial charge in [-0.1, -0.05) is 6.92 Å². The van der Waals surface area contributed by atoms with E-state index in [2.05, 4.69) is 0 Å². The minimum absolute atomic E-state index is 0.00926. The lowest BCUT2D eigenvalue weighted by molar-refractivity contribution is -0.117. The molecule has 0 saturated heterocycles. The molecule has 3 heteroatoms.